The first-order chi connectivity index (χ1) is 5.84. The summed E-state index contributed by atoms with van der Waals surface area (Å²) in [5.74, 6) is 0.328. The van der Waals surface area contributed by atoms with Gasteiger partial charge in [0, 0.05) is 11.7 Å². The normalized spacial score (nSPS) is 17.0. The van der Waals surface area contributed by atoms with Crippen LogP contribution in [0, 0.1) is 0 Å². The van der Waals surface area contributed by atoms with E-state index in [1.807, 2.05) is 12.1 Å². The number of hydrogen-bond donors (Lipinski definition) is 2. The van der Waals surface area contributed by atoms with Gasteiger partial charge in [0.2, 0.25) is 0 Å². The predicted octanol–water partition coefficient (Wildman–Crippen LogP) is 2.36. The minimum Gasteiger partial charge on any atom is -0.508 e. The molecule has 1 aliphatic rings. The summed E-state index contributed by atoms with van der Waals surface area (Å²) < 4.78 is 0. The van der Waals surface area contributed by atoms with Crippen molar-refractivity contribution in [3.8, 4) is 5.75 Å². The van der Waals surface area contributed by atoms with Crippen molar-refractivity contribution in [2.24, 2.45) is 0 Å². The van der Waals surface area contributed by atoms with Crippen molar-refractivity contribution in [3.05, 3.63) is 24.3 Å². The zero-order chi connectivity index (χ0) is 8.39. The first kappa shape index (κ1) is 7.47. The van der Waals surface area contributed by atoms with Crippen molar-refractivity contribution in [3.63, 3.8) is 0 Å². The van der Waals surface area contributed by atoms with E-state index in [-0.39, 0.29) is 0 Å². The Bertz CT molecular complexity index is 251. The van der Waals surface area contributed by atoms with E-state index in [2.05, 4.69) is 5.32 Å². The van der Waals surface area contributed by atoms with Crippen LogP contribution in [0.15, 0.2) is 24.3 Å². The molecule has 0 aliphatic heterocycles. The molecule has 1 aliphatic carbocycles. The van der Waals surface area contributed by atoms with Gasteiger partial charge in [-0.15, -0.1) is 0 Å². The lowest BCUT2D eigenvalue weighted by Crippen LogP contribution is -2.26. The molecule has 2 rings (SSSR count). The van der Waals surface area contributed by atoms with E-state index in [9.17, 15) is 0 Å². The van der Waals surface area contributed by atoms with Crippen LogP contribution >= 0.6 is 0 Å². The molecule has 2 nitrogen and oxygen atoms in total. The van der Waals surface area contributed by atoms with Crippen molar-refractivity contribution in [2.45, 2.75) is 25.3 Å². The monoisotopic (exact) mass is 163 g/mol. The van der Waals surface area contributed by atoms with Crippen LogP contribution in [-0.2, 0) is 0 Å². The lowest BCUT2D eigenvalue weighted by atomic mass is 9.93. The molecule has 0 saturated heterocycles. The molecular weight excluding hydrogens is 150 g/mol. The lowest BCUT2D eigenvalue weighted by Gasteiger charge is -2.27. The second kappa shape index (κ2) is 3.05. The van der Waals surface area contributed by atoms with Crippen LogP contribution in [0.4, 0.5) is 5.69 Å². The molecule has 0 bridgehead atoms. The van der Waals surface area contributed by atoms with Gasteiger partial charge >= 0.3 is 0 Å². The molecule has 2 heteroatoms. The maximum atomic E-state index is 9.03. The van der Waals surface area contributed by atoms with E-state index in [1.165, 1.54) is 19.3 Å². The minimum atomic E-state index is 0.328. The Hall–Kier alpha value is -1.18. The fourth-order valence-electron chi connectivity index (χ4n) is 1.35. The molecule has 0 unspecified atom stereocenters. The molecule has 0 radical (unpaired) electrons. The van der Waals surface area contributed by atoms with Gasteiger partial charge in [-0.25, -0.2) is 0 Å². The Morgan fingerprint density at radius 3 is 2.33 bits per heavy atom. The van der Waals surface area contributed by atoms with Crippen molar-refractivity contribution in [1.82, 2.24) is 0 Å². The summed E-state index contributed by atoms with van der Waals surface area (Å²) in [5, 5.41) is 12.4. The average Bonchev–Trinajstić information content (AvgIpc) is 2.00. The Morgan fingerprint density at radius 1 is 1.17 bits per heavy atom. The van der Waals surface area contributed by atoms with E-state index in [4.69, 9.17) is 5.11 Å². The van der Waals surface area contributed by atoms with Crippen LogP contribution in [0.3, 0.4) is 0 Å². The third kappa shape index (κ3) is 1.52. The topological polar surface area (TPSA) is 32.3 Å². The van der Waals surface area contributed by atoms with Crippen LogP contribution in [0.5, 0.6) is 5.75 Å². The molecule has 0 atom stereocenters. The second-order valence-electron chi connectivity index (χ2n) is 3.32. The van der Waals surface area contributed by atoms with Crippen LogP contribution < -0.4 is 5.32 Å². The quantitative estimate of drug-likeness (QED) is 0.656. The van der Waals surface area contributed by atoms with Crippen LogP contribution in [0.2, 0.25) is 0 Å². The first-order valence-corrected chi connectivity index (χ1v) is 4.40. The highest BCUT2D eigenvalue weighted by Crippen LogP contribution is 2.23. The molecule has 1 aromatic rings. The maximum absolute atomic E-state index is 9.03. The Morgan fingerprint density at radius 2 is 1.83 bits per heavy atom. The molecule has 0 spiro atoms. The molecule has 12 heavy (non-hydrogen) atoms. The summed E-state index contributed by atoms with van der Waals surface area (Å²) in [6.45, 7) is 0. The molecule has 0 heterocycles. The number of benzene rings is 1. The van der Waals surface area contributed by atoms with Crippen molar-refractivity contribution in [1.29, 1.82) is 0 Å². The Kier molecular flexibility index (Phi) is 1.90. The van der Waals surface area contributed by atoms with E-state index in [0.717, 1.165) is 5.69 Å². The van der Waals surface area contributed by atoms with Crippen LogP contribution in [-0.4, -0.2) is 11.1 Å². The molecule has 0 aromatic heterocycles. The Labute approximate surface area is 72.2 Å². The fourth-order valence-corrected chi connectivity index (χ4v) is 1.35. The van der Waals surface area contributed by atoms with Gasteiger partial charge in [0.1, 0.15) is 5.75 Å². The van der Waals surface area contributed by atoms with E-state index in [0.29, 0.717) is 11.8 Å². The van der Waals surface area contributed by atoms with Gasteiger partial charge in [0.15, 0.2) is 0 Å². The molecular formula is C10H13NO. The highest BCUT2D eigenvalue weighted by Gasteiger charge is 2.16. The molecule has 2 N–H and O–H groups in total. The van der Waals surface area contributed by atoms with E-state index < -0.39 is 0 Å². The lowest BCUT2D eigenvalue weighted by molar-refractivity contribution is 0.445. The summed E-state index contributed by atoms with van der Waals surface area (Å²) in [7, 11) is 0. The van der Waals surface area contributed by atoms with Gasteiger partial charge < -0.3 is 10.4 Å². The first-order valence-electron chi connectivity index (χ1n) is 4.40. The second-order valence-corrected chi connectivity index (χ2v) is 3.32. The zero-order valence-electron chi connectivity index (χ0n) is 6.96. The molecule has 1 aromatic carbocycles. The van der Waals surface area contributed by atoms with E-state index in [1.54, 1.807) is 12.1 Å². The number of anilines is 1. The zero-order valence-corrected chi connectivity index (χ0v) is 6.96. The van der Waals surface area contributed by atoms with Gasteiger partial charge in [-0.2, -0.15) is 0 Å². The number of hydrogen-bond acceptors (Lipinski definition) is 2. The summed E-state index contributed by atoms with van der Waals surface area (Å²) >= 11 is 0. The highest BCUT2D eigenvalue weighted by molar-refractivity contribution is 5.46. The third-order valence-electron chi connectivity index (χ3n) is 2.34. The third-order valence-corrected chi connectivity index (χ3v) is 2.34. The predicted molar refractivity (Wildman–Crippen MR) is 49.4 cm³/mol. The maximum Gasteiger partial charge on any atom is 0.115 e. The number of rotatable bonds is 2. The Balaban J connectivity index is 1.98. The van der Waals surface area contributed by atoms with Gasteiger partial charge in [0.05, 0.1) is 0 Å². The van der Waals surface area contributed by atoms with Crippen LogP contribution in [0.25, 0.3) is 0 Å². The molecule has 1 fully saturated rings. The number of nitrogens with one attached hydrogen (secondary N) is 1. The largest absolute Gasteiger partial charge is 0.508 e. The van der Waals surface area contributed by atoms with E-state index >= 15 is 0 Å². The number of phenols is 1. The fraction of sp³-hybridized carbons (Fsp3) is 0.400. The highest BCUT2D eigenvalue weighted by atomic mass is 16.3. The standard InChI is InChI=1S/C10H13NO/c12-10-6-4-9(5-7-10)11-8-2-1-3-8/h4-8,11-12H,1-3H2. The van der Waals surface area contributed by atoms with Crippen molar-refractivity contribution in [2.75, 3.05) is 5.32 Å². The number of phenolic OH excluding ortho intramolecular Hbond substituents is 1. The summed E-state index contributed by atoms with van der Waals surface area (Å²) in [5.41, 5.74) is 1.11. The molecule has 64 valence electrons. The van der Waals surface area contributed by atoms with Gasteiger partial charge in [0.25, 0.3) is 0 Å². The van der Waals surface area contributed by atoms with Crippen molar-refractivity contribution < 1.29 is 5.11 Å². The minimum absolute atomic E-state index is 0.328. The van der Waals surface area contributed by atoms with Crippen molar-refractivity contribution >= 4 is 5.69 Å². The smallest absolute Gasteiger partial charge is 0.115 e. The average molecular weight is 163 g/mol. The SMILES string of the molecule is Oc1ccc(NC2CCC2)cc1. The summed E-state index contributed by atoms with van der Waals surface area (Å²) in [6.07, 6.45) is 3.90. The van der Waals surface area contributed by atoms with Crippen LogP contribution in [0.1, 0.15) is 19.3 Å². The van der Waals surface area contributed by atoms with Gasteiger partial charge in [-0.1, -0.05) is 0 Å². The summed E-state index contributed by atoms with van der Waals surface area (Å²) in [6, 6.07) is 7.90. The molecule has 1 saturated carbocycles. The number of aromatic hydroxyl groups is 1. The van der Waals surface area contributed by atoms with Gasteiger partial charge in [-0.05, 0) is 43.5 Å². The summed E-state index contributed by atoms with van der Waals surface area (Å²) in [4.78, 5) is 0. The van der Waals surface area contributed by atoms with Gasteiger partial charge in [-0.3, -0.25) is 0 Å². The molecule has 0 amide bonds.